The van der Waals surface area contributed by atoms with Gasteiger partial charge in [0, 0.05) is 6.54 Å². The van der Waals surface area contributed by atoms with Gasteiger partial charge in [0.25, 0.3) is 11.8 Å². The summed E-state index contributed by atoms with van der Waals surface area (Å²) in [6.45, 7) is 5.88. The smallest absolute Gasteiger partial charge is 0.331 e. The van der Waals surface area contributed by atoms with Gasteiger partial charge in [-0.05, 0) is 62.6 Å². The quantitative estimate of drug-likeness (QED) is 0.418. The van der Waals surface area contributed by atoms with Crippen LogP contribution < -0.4 is 10.1 Å². The van der Waals surface area contributed by atoms with E-state index < -0.39 is 17.8 Å². The normalized spacial score (nSPS) is 16.4. The van der Waals surface area contributed by atoms with Crippen molar-refractivity contribution in [1.29, 1.82) is 0 Å². The van der Waals surface area contributed by atoms with Gasteiger partial charge in [-0.1, -0.05) is 6.08 Å². The zero-order valence-corrected chi connectivity index (χ0v) is 15.9. The molecular weight excluding hydrogens is 444 g/mol. The number of carbonyl (C=O) groups excluding carboxylic acids is 3. The van der Waals surface area contributed by atoms with E-state index in [1.165, 1.54) is 12.2 Å². The fraction of sp³-hybridized carbons (Fsp3) is 0.188. The van der Waals surface area contributed by atoms with Gasteiger partial charge in [0.1, 0.15) is 11.3 Å². The Bertz CT molecular complexity index is 735. The Labute approximate surface area is 155 Å². The minimum absolute atomic E-state index is 0.0198. The van der Waals surface area contributed by atoms with Crippen LogP contribution in [0.2, 0.25) is 0 Å². The fourth-order valence-corrected chi connectivity index (χ4v) is 3.55. The first-order valence-electron chi connectivity index (χ1n) is 7.00. The summed E-state index contributed by atoms with van der Waals surface area (Å²) in [6, 6.07) is 2.69. The molecule has 1 fully saturated rings. The average molecular weight is 458 g/mol. The number of rotatable bonds is 5. The molecule has 126 valence electrons. The molecule has 0 atom stereocenters. The lowest BCUT2D eigenvalue weighted by atomic mass is 10.1. The summed E-state index contributed by atoms with van der Waals surface area (Å²) in [4.78, 5) is 37.0. The summed E-state index contributed by atoms with van der Waals surface area (Å²) in [6.07, 6.45) is 2.83. The third kappa shape index (κ3) is 3.76. The second kappa shape index (κ2) is 7.76. The molecule has 1 aliphatic heterocycles. The molecule has 0 radical (unpaired) electrons. The molecular formula is C16H14Br2N2O4. The number of hydrogen-bond acceptors (Lipinski definition) is 4. The number of ether oxygens (including phenoxy) is 1. The Balaban J connectivity index is 2.42. The van der Waals surface area contributed by atoms with E-state index in [2.05, 4.69) is 43.8 Å². The number of halogens is 2. The monoisotopic (exact) mass is 456 g/mol. The van der Waals surface area contributed by atoms with E-state index in [-0.39, 0.29) is 12.1 Å². The van der Waals surface area contributed by atoms with Crippen molar-refractivity contribution < 1.29 is 19.1 Å². The molecule has 4 amide bonds. The van der Waals surface area contributed by atoms with E-state index in [0.29, 0.717) is 26.9 Å². The van der Waals surface area contributed by atoms with Gasteiger partial charge < -0.3 is 4.74 Å². The molecule has 24 heavy (non-hydrogen) atoms. The summed E-state index contributed by atoms with van der Waals surface area (Å²) in [5, 5.41) is 2.14. The van der Waals surface area contributed by atoms with Gasteiger partial charge in [0.05, 0.1) is 15.6 Å². The Hall–Kier alpha value is -1.93. The molecule has 6 nitrogen and oxygen atoms in total. The molecule has 1 saturated heterocycles. The highest BCUT2D eigenvalue weighted by atomic mass is 79.9. The number of nitrogens with one attached hydrogen (secondary N) is 1. The molecule has 1 N–H and O–H groups in total. The van der Waals surface area contributed by atoms with Crippen LogP contribution in [0, 0.1) is 0 Å². The minimum Gasteiger partial charge on any atom is -0.492 e. The van der Waals surface area contributed by atoms with Crippen molar-refractivity contribution in [3.05, 3.63) is 44.9 Å². The van der Waals surface area contributed by atoms with Gasteiger partial charge in [-0.25, -0.2) is 4.79 Å². The molecule has 2 rings (SSSR count). The van der Waals surface area contributed by atoms with Gasteiger partial charge in [-0.15, -0.1) is 6.58 Å². The lowest BCUT2D eigenvalue weighted by molar-refractivity contribution is -0.129. The summed E-state index contributed by atoms with van der Waals surface area (Å²) in [5.41, 5.74) is 0.475. The van der Waals surface area contributed by atoms with Gasteiger partial charge in [-0.3, -0.25) is 19.8 Å². The molecule has 1 aromatic rings. The van der Waals surface area contributed by atoms with Gasteiger partial charge >= 0.3 is 6.03 Å². The highest BCUT2D eigenvalue weighted by Gasteiger charge is 2.34. The van der Waals surface area contributed by atoms with Gasteiger partial charge in [0.15, 0.2) is 0 Å². The van der Waals surface area contributed by atoms with Crippen molar-refractivity contribution in [1.82, 2.24) is 10.2 Å². The third-order valence-electron chi connectivity index (χ3n) is 3.12. The predicted octanol–water partition coefficient (Wildman–Crippen LogP) is 3.26. The molecule has 0 unspecified atom stereocenters. The van der Waals surface area contributed by atoms with Crippen LogP contribution in [0.5, 0.6) is 5.75 Å². The van der Waals surface area contributed by atoms with Crippen LogP contribution in [0.3, 0.4) is 0 Å². The Morgan fingerprint density at radius 1 is 1.25 bits per heavy atom. The molecule has 0 bridgehead atoms. The Morgan fingerprint density at radius 2 is 1.88 bits per heavy atom. The van der Waals surface area contributed by atoms with E-state index in [1.807, 2.05) is 6.92 Å². The first-order valence-corrected chi connectivity index (χ1v) is 8.59. The number of hydrogen-bond donors (Lipinski definition) is 1. The first kappa shape index (κ1) is 18.4. The maximum atomic E-state index is 12.4. The van der Waals surface area contributed by atoms with Crippen molar-refractivity contribution in [3.8, 4) is 5.75 Å². The predicted molar refractivity (Wildman–Crippen MR) is 96.4 cm³/mol. The van der Waals surface area contributed by atoms with E-state index >= 15 is 0 Å². The number of barbiturate groups is 1. The van der Waals surface area contributed by atoms with Crippen LogP contribution in [0.4, 0.5) is 4.79 Å². The SMILES string of the molecule is C=CCN1C(=O)NC(=O)C(=Cc2cc(Br)c(OCC)c(Br)c2)C1=O. The zero-order valence-electron chi connectivity index (χ0n) is 12.8. The van der Waals surface area contributed by atoms with Crippen LogP contribution in [-0.4, -0.2) is 35.9 Å². The number of amides is 4. The minimum atomic E-state index is -0.754. The molecule has 0 aliphatic carbocycles. The van der Waals surface area contributed by atoms with E-state index in [1.54, 1.807) is 12.1 Å². The molecule has 0 spiro atoms. The molecule has 0 saturated carbocycles. The number of nitrogens with zero attached hydrogens (tertiary/aromatic N) is 1. The average Bonchev–Trinajstić information content (AvgIpc) is 2.51. The van der Waals surface area contributed by atoms with Crippen LogP contribution in [0.25, 0.3) is 6.08 Å². The largest absolute Gasteiger partial charge is 0.492 e. The number of benzene rings is 1. The van der Waals surface area contributed by atoms with Crippen LogP contribution >= 0.6 is 31.9 Å². The first-order chi connectivity index (χ1) is 11.4. The Morgan fingerprint density at radius 3 is 2.42 bits per heavy atom. The summed E-state index contributed by atoms with van der Waals surface area (Å²) in [7, 11) is 0. The summed E-state index contributed by atoms with van der Waals surface area (Å²) < 4.78 is 6.84. The van der Waals surface area contributed by atoms with E-state index in [4.69, 9.17) is 4.74 Å². The lowest BCUT2D eigenvalue weighted by Crippen LogP contribution is -2.54. The number of carbonyl (C=O) groups is 3. The van der Waals surface area contributed by atoms with E-state index in [0.717, 1.165) is 4.90 Å². The van der Waals surface area contributed by atoms with Crippen LogP contribution in [0.15, 0.2) is 39.3 Å². The van der Waals surface area contributed by atoms with Gasteiger partial charge in [0.2, 0.25) is 0 Å². The van der Waals surface area contributed by atoms with Crippen molar-refractivity contribution in [2.75, 3.05) is 13.2 Å². The zero-order chi connectivity index (χ0) is 17.9. The van der Waals surface area contributed by atoms with E-state index in [9.17, 15) is 14.4 Å². The topological polar surface area (TPSA) is 75.7 Å². The van der Waals surface area contributed by atoms with Crippen molar-refractivity contribution in [3.63, 3.8) is 0 Å². The second-order valence-electron chi connectivity index (χ2n) is 4.77. The molecule has 0 aromatic heterocycles. The van der Waals surface area contributed by atoms with Crippen molar-refractivity contribution in [2.45, 2.75) is 6.92 Å². The number of urea groups is 1. The van der Waals surface area contributed by atoms with Crippen LogP contribution in [0.1, 0.15) is 12.5 Å². The van der Waals surface area contributed by atoms with Crippen molar-refractivity contribution >= 4 is 55.8 Å². The molecule has 1 aliphatic rings. The standard InChI is InChI=1S/C16H14Br2N2O4/c1-3-5-20-15(22)10(14(21)19-16(20)23)6-9-7-11(17)13(24-4-2)12(18)8-9/h3,6-8H,1,4-5H2,2H3,(H,19,21,23). The summed E-state index contributed by atoms with van der Waals surface area (Å²) >= 11 is 6.79. The Kier molecular flexibility index (Phi) is 5.95. The molecule has 1 heterocycles. The fourth-order valence-electron chi connectivity index (χ4n) is 2.10. The highest BCUT2D eigenvalue weighted by Crippen LogP contribution is 2.35. The van der Waals surface area contributed by atoms with Crippen molar-refractivity contribution in [2.24, 2.45) is 0 Å². The molecule has 1 aromatic carbocycles. The van der Waals surface area contributed by atoms with Crippen LogP contribution in [-0.2, 0) is 9.59 Å². The number of imide groups is 2. The maximum Gasteiger partial charge on any atom is 0.331 e. The third-order valence-corrected chi connectivity index (χ3v) is 4.30. The molecule has 8 heteroatoms. The maximum absolute atomic E-state index is 12.4. The highest BCUT2D eigenvalue weighted by molar-refractivity contribution is 9.11. The van der Waals surface area contributed by atoms with Gasteiger partial charge in [-0.2, -0.15) is 0 Å². The second-order valence-corrected chi connectivity index (χ2v) is 6.48. The lowest BCUT2D eigenvalue weighted by Gasteiger charge is -2.25. The summed E-state index contributed by atoms with van der Waals surface area (Å²) in [5.74, 6) is -0.765.